The predicted octanol–water partition coefficient (Wildman–Crippen LogP) is -4.24. The number of aryl methyl sites for hydroxylation is 1. The molecule has 0 aromatic heterocycles. The fourth-order valence-corrected chi connectivity index (χ4v) is 0.551. The summed E-state index contributed by atoms with van der Waals surface area (Å²) in [7, 11) is 0. The van der Waals surface area contributed by atoms with Gasteiger partial charge in [-0.1, -0.05) is 18.2 Å². The van der Waals surface area contributed by atoms with Crippen molar-refractivity contribution in [2.75, 3.05) is 0 Å². The van der Waals surface area contributed by atoms with Gasteiger partial charge in [-0.25, -0.2) is 4.39 Å². The van der Waals surface area contributed by atoms with Crippen LogP contribution in [-0.2, 0) is 0 Å². The van der Waals surface area contributed by atoms with Crippen molar-refractivity contribution in [1.29, 1.82) is 0 Å². The second kappa shape index (κ2) is 8.59. The minimum atomic E-state index is -0.132. The van der Waals surface area contributed by atoms with Crippen molar-refractivity contribution in [2.45, 2.75) is 6.92 Å². The fourth-order valence-electron chi connectivity index (χ4n) is 0.551. The standard InChI is InChI=1S/C7H7F.2ClH.Mg/c1-6-4-2-3-5-7(6)8;;;/h2-5H,1H3;2*1H;/q;;;+2/p-2. The maximum absolute atomic E-state index is 12.3. The van der Waals surface area contributed by atoms with E-state index in [9.17, 15) is 4.39 Å². The van der Waals surface area contributed by atoms with E-state index < -0.39 is 0 Å². The predicted molar refractivity (Wildman–Crippen MR) is 36.9 cm³/mol. The van der Waals surface area contributed by atoms with Crippen molar-refractivity contribution in [3.63, 3.8) is 0 Å². The Morgan fingerprint density at radius 2 is 1.55 bits per heavy atom. The van der Waals surface area contributed by atoms with Gasteiger partial charge < -0.3 is 24.8 Å². The van der Waals surface area contributed by atoms with Gasteiger partial charge in [0.15, 0.2) is 0 Å². The molecule has 0 radical (unpaired) electrons. The van der Waals surface area contributed by atoms with E-state index in [0.29, 0.717) is 5.56 Å². The van der Waals surface area contributed by atoms with E-state index >= 15 is 0 Å². The van der Waals surface area contributed by atoms with Crippen LogP contribution >= 0.6 is 0 Å². The van der Waals surface area contributed by atoms with Crippen LogP contribution in [0.4, 0.5) is 4.39 Å². The number of rotatable bonds is 0. The zero-order valence-electron chi connectivity index (χ0n) is 6.15. The molecule has 0 bridgehead atoms. The molecule has 0 heterocycles. The normalized spacial score (nSPS) is 6.73. The third-order valence-electron chi connectivity index (χ3n) is 1.08. The summed E-state index contributed by atoms with van der Waals surface area (Å²) in [5.74, 6) is -0.132. The summed E-state index contributed by atoms with van der Waals surface area (Å²) in [5, 5.41) is 0. The maximum atomic E-state index is 12.3. The summed E-state index contributed by atoms with van der Waals surface area (Å²) in [4.78, 5) is 0. The number of benzene rings is 1. The first-order chi connectivity index (χ1) is 3.80. The third kappa shape index (κ3) is 5.73. The first-order valence-electron chi connectivity index (χ1n) is 2.52. The van der Waals surface area contributed by atoms with Gasteiger partial charge in [-0.2, -0.15) is 0 Å². The molecule has 0 spiro atoms. The summed E-state index contributed by atoms with van der Waals surface area (Å²) >= 11 is 0. The average molecular weight is 205 g/mol. The summed E-state index contributed by atoms with van der Waals surface area (Å²) in [5.41, 5.74) is 0.701. The molecule has 0 saturated carbocycles. The minimum absolute atomic E-state index is 0. The van der Waals surface area contributed by atoms with Gasteiger partial charge in [0.2, 0.25) is 0 Å². The molecule has 0 aliphatic rings. The Hall–Kier alpha value is 0.496. The number of halogens is 3. The Bertz CT molecular complexity index is 173. The Morgan fingerprint density at radius 1 is 1.09 bits per heavy atom. The minimum Gasteiger partial charge on any atom is -1.00 e. The van der Waals surface area contributed by atoms with Crippen LogP contribution < -0.4 is 24.8 Å². The molecule has 0 N–H and O–H groups in total. The van der Waals surface area contributed by atoms with Gasteiger partial charge in [-0.05, 0) is 18.6 Å². The van der Waals surface area contributed by atoms with E-state index in [0.717, 1.165) is 0 Å². The molecule has 0 saturated heterocycles. The Labute approximate surface area is 94.5 Å². The first-order valence-corrected chi connectivity index (χ1v) is 2.52. The van der Waals surface area contributed by atoms with Crippen molar-refractivity contribution < 1.29 is 29.2 Å². The van der Waals surface area contributed by atoms with Crippen LogP contribution in [0.1, 0.15) is 5.56 Å². The van der Waals surface area contributed by atoms with Crippen molar-refractivity contribution in [1.82, 2.24) is 0 Å². The molecule has 0 nitrogen and oxygen atoms in total. The van der Waals surface area contributed by atoms with Gasteiger partial charge in [-0.15, -0.1) is 0 Å². The van der Waals surface area contributed by atoms with Crippen molar-refractivity contribution in [3.8, 4) is 0 Å². The van der Waals surface area contributed by atoms with E-state index in [-0.39, 0.29) is 53.7 Å². The zero-order valence-corrected chi connectivity index (χ0v) is 9.08. The molecule has 4 heteroatoms. The average Bonchev–Trinajstić information content (AvgIpc) is 1.77. The largest absolute Gasteiger partial charge is 2.00 e. The number of hydrogen-bond acceptors (Lipinski definition) is 0. The summed E-state index contributed by atoms with van der Waals surface area (Å²) in [6.07, 6.45) is 0. The first kappa shape index (κ1) is 17.5. The Balaban J connectivity index is -0.000000213. The second-order valence-corrected chi connectivity index (χ2v) is 1.75. The molecule has 58 valence electrons. The summed E-state index contributed by atoms with van der Waals surface area (Å²) in [6, 6.07) is 6.70. The molecule has 11 heavy (non-hydrogen) atoms. The topological polar surface area (TPSA) is 0 Å². The molecule has 0 fully saturated rings. The quantitative estimate of drug-likeness (QED) is 0.377. The Kier molecular flexibility index (Phi) is 13.7. The SMILES string of the molecule is Cc1ccccc1F.[Cl-].[Cl-].[Mg+2]. The van der Waals surface area contributed by atoms with Crippen LogP contribution in [0.2, 0.25) is 0 Å². The maximum Gasteiger partial charge on any atom is 2.00 e. The monoisotopic (exact) mass is 204 g/mol. The van der Waals surface area contributed by atoms with E-state index in [2.05, 4.69) is 0 Å². The summed E-state index contributed by atoms with van der Waals surface area (Å²) in [6.45, 7) is 1.75. The molecule has 1 aromatic carbocycles. The summed E-state index contributed by atoms with van der Waals surface area (Å²) < 4.78 is 12.3. The van der Waals surface area contributed by atoms with Gasteiger partial charge in [0.05, 0.1) is 0 Å². The molecule has 0 aliphatic carbocycles. The third-order valence-corrected chi connectivity index (χ3v) is 1.08. The van der Waals surface area contributed by atoms with Crippen LogP contribution in [0.5, 0.6) is 0 Å². The molecule has 0 amide bonds. The molecule has 1 rings (SSSR count). The van der Waals surface area contributed by atoms with E-state index in [1.165, 1.54) is 6.07 Å². The molecule has 0 atom stereocenters. The molecule has 0 unspecified atom stereocenters. The van der Waals surface area contributed by atoms with E-state index in [4.69, 9.17) is 0 Å². The number of hydrogen-bond donors (Lipinski definition) is 0. The van der Waals surface area contributed by atoms with Crippen LogP contribution in [0.3, 0.4) is 0 Å². The molecule has 1 aromatic rings. The van der Waals surface area contributed by atoms with E-state index in [1.807, 2.05) is 6.07 Å². The van der Waals surface area contributed by atoms with E-state index in [1.54, 1.807) is 19.1 Å². The Morgan fingerprint density at radius 3 is 1.82 bits per heavy atom. The van der Waals surface area contributed by atoms with Crippen LogP contribution in [0.15, 0.2) is 24.3 Å². The second-order valence-electron chi connectivity index (χ2n) is 1.75. The van der Waals surface area contributed by atoms with Gasteiger partial charge in [0, 0.05) is 0 Å². The van der Waals surface area contributed by atoms with Crippen LogP contribution in [0, 0.1) is 12.7 Å². The van der Waals surface area contributed by atoms with Crippen LogP contribution in [0.25, 0.3) is 0 Å². The molecular weight excluding hydrogens is 198 g/mol. The fraction of sp³-hybridized carbons (Fsp3) is 0.143. The van der Waals surface area contributed by atoms with Gasteiger partial charge >= 0.3 is 23.1 Å². The molecule has 0 aliphatic heterocycles. The molecular formula is C7H7Cl2FMg. The van der Waals surface area contributed by atoms with Crippen molar-refractivity contribution in [2.24, 2.45) is 0 Å². The zero-order chi connectivity index (χ0) is 5.98. The van der Waals surface area contributed by atoms with Gasteiger partial charge in [0.1, 0.15) is 5.82 Å². The smallest absolute Gasteiger partial charge is 1.00 e. The van der Waals surface area contributed by atoms with Crippen molar-refractivity contribution >= 4 is 23.1 Å². The van der Waals surface area contributed by atoms with Gasteiger partial charge in [0.25, 0.3) is 0 Å². The van der Waals surface area contributed by atoms with Gasteiger partial charge in [-0.3, -0.25) is 0 Å². The van der Waals surface area contributed by atoms with Crippen LogP contribution in [-0.4, -0.2) is 23.1 Å². The van der Waals surface area contributed by atoms with Crippen molar-refractivity contribution in [3.05, 3.63) is 35.6 Å².